The zero-order valence-corrected chi connectivity index (χ0v) is 10.5. The van der Waals surface area contributed by atoms with Crippen LogP contribution in [0.3, 0.4) is 0 Å². The molecule has 0 nitrogen and oxygen atoms in total. The average molecular weight is 265 g/mol. The van der Waals surface area contributed by atoms with Gasteiger partial charge in [0, 0.05) is 9.92 Å². The first kappa shape index (κ1) is 12.2. The highest BCUT2D eigenvalue weighted by Gasteiger charge is 1.99. The van der Waals surface area contributed by atoms with Crippen LogP contribution in [0.5, 0.6) is 0 Å². The summed E-state index contributed by atoms with van der Waals surface area (Å²) in [5.74, 6) is 0. The van der Waals surface area contributed by atoms with Crippen molar-refractivity contribution in [2.75, 3.05) is 0 Å². The summed E-state index contributed by atoms with van der Waals surface area (Å²) in [6.45, 7) is 0. The summed E-state index contributed by atoms with van der Waals surface area (Å²) in [5, 5.41) is 0.417. The van der Waals surface area contributed by atoms with Crippen molar-refractivity contribution < 1.29 is 4.39 Å². The van der Waals surface area contributed by atoms with Crippen LogP contribution in [0.1, 0.15) is 5.56 Å². The van der Waals surface area contributed by atoms with Gasteiger partial charge < -0.3 is 0 Å². The van der Waals surface area contributed by atoms with E-state index in [9.17, 15) is 4.39 Å². The van der Waals surface area contributed by atoms with Gasteiger partial charge >= 0.3 is 0 Å². The molecule has 86 valence electrons. The molecular weight excluding hydrogens is 255 g/mol. The third-order valence-corrected chi connectivity index (χ3v) is 3.18. The Morgan fingerprint density at radius 3 is 2.29 bits per heavy atom. The molecule has 3 heteroatoms. The van der Waals surface area contributed by atoms with Gasteiger partial charge in [0.25, 0.3) is 0 Å². The second-order valence-corrected chi connectivity index (χ2v) is 4.92. The van der Waals surface area contributed by atoms with Crippen LogP contribution in [0.25, 0.3) is 6.08 Å². The van der Waals surface area contributed by atoms with Crippen LogP contribution in [0.4, 0.5) is 4.39 Å². The van der Waals surface area contributed by atoms with Crippen molar-refractivity contribution >= 4 is 29.4 Å². The van der Waals surface area contributed by atoms with E-state index >= 15 is 0 Å². The number of thioether (sulfide) groups is 1. The van der Waals surface area contributed by atoms with Crippen LogP contribution in [-0.2, 0) is 0 Å². The van der Waals surface area contributed by atoms with Crippen molar-refractivity contribution in [2.24, 2.45) is 0 Å². The molecule has 0 aliphatic carbocycles. The Balaban J connectivity index is 2.09. The van der Waals surface area contributed by atoms with Crippen LogP contribution in [0.2, 0.25) is 5.02 Å². The molecule has 2 aromatic rings. The molecule has 2 rings (SSSR count). The zero-order chi connectivity index (χ0) is 12.1. The summed E-state index contributed by atoms with van der Waals surface area (Å²) < 4.78 is 13.7. The first-order valence-electron chi connectivity index (χ1n) is 5.10. The molecule has 0 heterocycles. The number of hydrogen-bond acceptors (Lipinski definition) is 1. The maximum atomic E-state index is 13.7. The molecule has 0 unspecified atom stereocenters. The van der Waals surface area contributed by atoms with Gasteiger partial charge in [-0.2, -0.15) is 4.39 Å². The molecule has 0 aliphatic heterocycles. The fourth-order valence-electron chi connectivity index (χ4n) is 1.32. The van der Waals surface area contributed by atoms with E-state index in [1.807, 2.05) is 30.3 Å². The van der Waals surface area contributed by atoms with Gasteiger partial charge in [0.05, 0.1) is 0 Å². The third-order valence-electron chi connectivity index (χ3n) is 2.11. The van der Waals surface area contributed by atoms with Crippen molar-refractivity contribution in [2.45, 2.75) is 4.90 Å². The first-order valence-corrected chi connectivity index (χ1v) is 6.29. The predicted octanol–water partition coefficient (Wildman–Crippen LogP) is 5.40. The lowest BCUT2D eigenvalue weighted by atomic mass is 10.2. The minimum absolute atomic E-state index is 0.237. The highest BCUT2D eigenvalue weighted by molar-refractivity contribution is 8.03. The van der Waals surface area contributed by atoms with E-state index < -0.39 is 0 Å². The number of halogens is 2. The summed E-state index contributed by atoms with van der Waals surface area (Å²) >= 11 is 6.84. The van der Waals surface area contributed by atoms with Gasteiger partial charge in [-0.1, -0.05) is 53.7 Å². The molecule has 0 amide bonds. The summed E-state index contributed by atoms with van der Waals surface area (Å²) in [5.41, 5.74) is 0.853. The molecule has 0 atom stereocenters. The van der Waals surface area contributed by atoms with Gasteiger partial charge in [0.1, 0.15) is 0 Å². The van der Waals surface area contributed by atoms with Crippen molar-refractivity contribution in [3.8, 4) is 0 Å². The first-order chi connectivity index (χ1) is 8.24. The summed E-state index contributed by atoms with van der Waals surface area (Å²) in [6, 6.07) is 16.5. The highest BCUT2D eigenvalue weighted by atomic mass is 35.5. The van der Waals surface area contributed by atoms with Crippen LogP contribution in [0.15, 0.2) is 64.7 Å². The van der Waals surface area contributed by atoms with Gasteiger partial charge in [-0.15, -0.1) is 0 Å². The van der Waals surface area contributed by atoms with Gasteiger partial charge in [-0.05, 0) is 35.9 Å². The number of hydrogen-bond donors (Lipinski definition) is 0. The van der Waals surface area contributed by atoms with E-state index in [1.165, 1.54) is 6.08 Å². The second kappa shape index (κ2) is 5.89. The Hall–Kier alpha value is -1.25. The molecule has 0 aromatic heterocycles. The standard InChI is InChI=1S/C14H10ClFS/c15-12-6-8-13(9-7-12)17-14(16)10-11-4-2-1-3-5-11/h1-10H. The van der Waals surface area contributed by atoms with Gasteiger partial charge in [-0.3, -0.25) is 0 Å². The van der Waals surface area contributed by atoms with Crippen molar-refractivity contribution in [3.63, 3.8) is 0 Å². The molecule has 0 fully saturated rings. The van der Waals surface area contributed by atoms with Crippen LogP contribution in [-0.4, -0.2) is 0 Å². The van der Waals surface area contributed by atoms with Gasteiger partial charge in [0.2, 0.25) is 0 Å². The van der Waals surface area contributed by atoms with E-state index in [4.69, 9.17) is 11.6 Å². The van der Waals surface area contributed by atoms with E-state index in [2.05, 4.69) is 0 Å². The molecule has 0 bridgehead atoms. The van der Waals surface area contributed by atoms with Crippen molar-refractivity contribution in [1.29, 1.82) is 0 Å². The summed E-state index contributed by atoms with van der Waals surface area (Å²) in [6.07, 6.45) is 1.51. The Bertz CT molecular complexity index is 506. The number of benzene rings is 2. The molecule has 0 spiro atoms. The maximum Gasteiger partial charge on any atom is 0.161 e. The molecule has 17 heavy (non-hydrogen) atoms. The van der Waals surface area contributed by atoms with E-state index in [0.717, 1.165) is 22.2 Å². The van der Waals surface area contributed by atoms with Gasteiger partial charge in [0.15, 0.2) is 5.16 Å². The van der Waals surface area contributed by atoms with E-state index in [0.29, 0.717) is 5.02 Å². The Morgan fingerprint density at radius 1 is 1.00 bits per heavy atom. The fraction of sp³-hybridized carbons (Fsp3) is 0. The average Bonchev–Trinajstić information content (AvgIpc) is 2.33. The second-order valence-electron chi connectivity index (χ2n) is 3.42. The molecule has 0 radical (unpaired) electrons. The maximum absolute atomic E-state index is 13.7. The molecule has 0 N–H and O–H groups in total. The predicted molar refractivity (Wildman–Crippen MR) is 72.8 cm³/mol. The Kier molecular flexibility index (Phi) is 4.24. The largest absolute Gasteiger partial charge is 0.199 e. The van der Waals surface area contributed by atoms with E-state index in [-0.39, 0.29) is 5.16 Å². The lowest BCUT2D eigenvalue weighted by Gasteiger charge is -1.99. The van der Waals surface area contributed by atoms with Crippen LogP contribution >= 0.6 is 23.4 Å². The SMILES string of the molecule is FC(=Cc1ccccc1)Sc1ccc(Cl)cc1. The van der Waals surface area contributed by atoms with Gasteiger partial charge in [-0.25, -0.2) is 0 Å². The molecule has 0 saturated carbocycles. The minimum Gasteiger partial charge on any atom is -0.199 e. The molecular formula is C14H10ClFS. The van der Waals surface area contributed by atoms with Crippen LogP contribution in [0, 0.1) is 0 Å². The highest BCUT2D eigenvalue weighted by Crippen LogP contribution is 2.29. The van der Waals surface area contributed by atoms with E-state index in [1.54, 1.807) is 24.3 Å². The minimum atomic E-state index is -0.237. The topological polar surface area (TPSA) is 0 Å². The zero-order valence-electron chi connectivity index (χ0n) is 8.94. The molecule has 2 aromatic carbocycles. The number of rotatable bonds is 3. The monoisotopic (exact) mass is 264 g/mol. The van der Waals surface area contributed by atoms with Crippen molar-refractivity contribution in [3.05, 3.63) is 70.3 Å². The molecule has 0 saturated heterocycles. The Labute approximate surface area is 109 Å². The quantitative estimate of drug-likeness (QED) is 0.669. The lowest BCUT2D eigenvalue weighted by molar-refractivity contribution is 0.706. The molecule has 0 aliphatic rings. The normalized spacial score (nSPS) is 11.5. The Morgan fingerprint density at radius 2 is 1.65 bits per heavy atom. The summed E-state index contributed by atoms with van der Waals surface area (Å²) in [4.78, 5) is 0.832. The van der Waals surface area contributed by atoms with Crippen LogP contribution < -0.4 is 0 Å². The lowest BCUT2D eigenvalue weighted by Crippen LogP contribution is -1.73. The fourth-order valence-corrected chi connectivity index (χ4v) is 2.14. The summed E-state index contributed by atoms with van der Waals surface area (Å²) in [7, 11) is 0. The van der Waals surface area contributed by atoms with Crippen molar-refractivity contribution in [1.82, 2.24) is 0 Å². The smallest absolute Gasteiger partial charge is 0.161 e. The third kappa shape index (κ3) is 3.91.